The van der Waals surface area contributed by atoms with Gasteiger partial charge in [0, 0.05) is 56.1 Å². The van der Waals surface area contributed by atoms with E-state index < -0.39 is 23.7 Å². The van der Waals surface area contributed by atoms with Crippen LogP contribution in [0.3, 0.4) is 0 Å². The summed E-state index contributed by atoms with van der Waals surface area (Å²) < 4.78 is 46.5. The third kappa shape index (κ3) is 9.30. The number of rotatable bonds is 8. The minimum atomic E-state index is -4.54. The van der Waals surface area contributed by atoms with Gasteiger partial charge in [0.25, 0.3) is 0 Å². The number of halogens is 5. The van der Waals surface area contributed by atoms with E-state index in [9.17, 15) is 22.8 Å². The van der Waals surface area contributed by atoms with Gasteiger partial charge >= 0.3 is 12.2 Å². The molecule has 1 heterocycles. The zero-order valence-corrected chi connectivity index (χ0v) is 22.9. The summed E-state index contributed by atoms with van der Waals surface area (Å²) in [6.07, 6.45) is -4.54. The van der Waals surface area contributed by atoms with Gasteiger partial charge in [-0.2, -0.15) is 13.2 Å². The second-order valence-electron chi connectivity index (χ2n) is 8.85. The van der Waals surface area contributed by atoms with Crippen LogP contribution in [0.25, 0.3) is 0 Å². The van der Waals surface area contributed by atoms with Crippen LogP contribution in [0.1, 0.15) is 27.0 Å². The first-order valence-electron chi connectivity index (χ1n) is 12.0. The van der Waals surface area contributed by atoms with Gasteiger partial charge in [0.2, 0.25) is 5.91 Å². The quantitative estimate of drug-likeness (QED) is 0.286. The van der Waals surface area contributed by atoms with Crippen LogP contribution < -0.4 is 26.4 Å². The number of carbonyl (C=O) groups is 2. The standard InChI is InChI=1S/C27H28F3N5O3.2ClH/c28-27(29,30)21-13-18(17-35-11-9-32-10-12-35)14-22(15-21)34-26(37)33-16-20-3-1-2-4-24(20)38-23-7-5-19(6-8-23)25(31)36;;/h1-8,13-15,32H,9-12,16-17H2,(H2,31,36)(H2,33,34,37);2*1H. The minimum Gasteiger partial charge on any atom is -0.457 e. The predicted molar refractivity (Wildman–Crippen MR) is 151 cm³/mol. The van der Waals surface area contributed by atoms with Gasteiger partial charge in [0.1, 0.15) is 11.5 Å². The van der Waals surface area contributed by atoms with Crippen LogP contribution in [0.4, 0.5) is 23.7 Å². The molecule has 1 aliphatic heterocycles. The van der Waals surface area contributed by atoms with Crippen LogP contribution in [-0.4, -0.2) is 43.0 Å². The van der Waals surface area contributed by atoms with Gasteiger partial charge in [0.15, 0.2) is 0 Å². The first kappa shape index (κ1) is 32.7. The van der Waals surface area contributed by atoms with E-state index in [0.29, 0.717) is 34.7 Å². The largest absolute Gasteiger partial charge is 0.457 e. The Bertz CT molecular complexity index is 1290. The van der Waals surface area contributed by atoms with E-state index in [-0.39, 0.29) is 37.0 Å². The molecule has 0 bridgehead atoms. The Morgan fingerprint density at radius 1 is 0.975 bits per heavy atom. The lowest BCUT2D eigenvalue weighted by Crippen LogP contribution is -2.42. The molecule has 1 aliphatic rings. The molecule has 4 rings (SSSR count). The Balaban J connectivity index is 0.00000280. The van der Waals surface area contributed by atoms with Crippen molar-refractivity contribution < 1.29 is 27.5 Å². The molecule has 0 aliphatic carbocycles. The molecule has 0 aromatic heterocycles. The normalized spacial score (nSPS) is 13.4. The fourth-order valence-electron chi connectivity index (χ4n) is 4.06. The summed E-state index contributed by atoms with van der Waals surface area (Å²) in [7, 11) is 0. The monoisotopic (exact) mass is 599 g/mol. The smallest absolute Gasteiger partial charge is 0.416 e. The molecule has 3 aromatic carbocycles. The molecule has 3 aromatic rings. The van der Waals surface area contributed by atoms with Gasteiger partial charge in [0.05, 0.1) is 5.56 Å². The van der Waals surface area contributed by atoms with E-state index in [2.05, 4.69) is 20.9 Å². The highest BCUT2D eigenvalue weighted by atomic mass is 35.5. The van der Waals surface area contributed by atoms with Crippen LogP contribution >= 0.6 is 24.8 Å². The number of nitrogens with zero attached hydrogens (tertiary/aromatic N) is 1. The van der Waals surface area contributed by atoms with E-state index in [0.717, 1.165) is 38.3 Å². The number of amides is 3. The number of piperazine rings is 1. The molecule has 0 unspecified atom stereocenters. The number of hydrogen-bond donors (Lipinski definition) is 4. The van der Waals surface area contributed by atoms with Gasteiger partial charge in [-0.05, 0) is 54.1 Å². The molecular weight excluding hydrogens is 570 g/mol. The van der Waals surface area contributed by atoms with Crippen molar-refractivity contribution in [1.29, 1.82) is 0 Å². The lowest BCUT2D eigenvalue weighted by Gasteiger charge is -2.27. The molecular formula is C27H30Cl2F3N5O3. The number of carbonyl (C=O) groups excluding carboxylic acids is 2. The highest BCUT2D eigenvalue weighted by Gasteiger charge is 2.31. The van der Waals surface area contributed by atoms with Crippen LogP contribution in [0.15, 0.2) is 66.7 Å². The van der Waals surface area contributed by atoms with Crippen molar-refractivity contribution in [2.24, 2.45) is 5.73 Å². The molecule has 0 saturated carbocycles. The van der Waals surface area contributed by atoms with Crippen molar-refractivity contribution in [1.82, 2.24) is 15.5 Å². The van der Waals surface area contributed by atoms with Gasteiger partial charge in [-0.15, -0.1) is 24.8 Å². The van der Waals surface area contributed by atoms with Crippen LogP contribution in [0.5, 0.6) is 11.5 Å². The number of nitrogens with two attached hydrogens (primary N) is 1. The van der Waals surface area contributed by atoms with Gasteiger partial charge in [-0.3, -0.25) is 9.69 Å². The summed E-state index contributed by atoms with van der Waals surface area (Å²) in [5.74, 6) is 0.383. The predicted octanol–water partition coefficient (Wildman–Crippen LogP) is 5.17. The van der Waals surface area contributed by atoms with E-state index >= 15 is 0 Å². The molecule has 13 heteroatoms. The maximum Gasteiger partial charge on any atom is 0.416 e. The molecule has 0 spiro atoms. The Hall–Kier alpha value is -3.51. The number of anilines is 1. The highest BCUT2D eigenvalue weighted by molar-refractivity contribution is 5.92. The summed E-state index contributed by atoms with van der Waals surface area (Å²) in [6, 6.07) is 16.2. The van der Waals surface area contributed by atoms with Crippen molar-refractivity contribution in [2.45, 2.75) is 19.3 Å². The number of ether oxygens (including phenoxy) is 1. The summed E-state index contributed by atoms with van der Waals surface area (Å²) >= 11 is 0. The number of nitrogens with one attached hydrogen (secondary N) is 3. The van der Waals surface area contributed by atoms with Crippen molar-refractivity contribution in [3.63, 3.8) is 0 Å². The fraction of sp³-hybridized carbons (Fsp3) is 0.259. The van der Waals surface area contributed by atoms with Crippen molar-refractivity contribution in [2.75, 3.05) is 31.5 Å². The molecule has 216 valence electrons. The van der Waals surface area contributed by atoms with E-state index in [1.807, 2.05) is 0 Å². The number of urea groups is 1. The third-order valence-electron chi connectivity index (χ3n) is 5.97. The van der Waals surface area contributed by atoms with E-state index in [1.54, 1.807) is 42.5 Å². The maximum absolute atomic E-state index is 13.5. The molecule has 1 fully saturated rings. The summed E-state index contributed by atoms with van der Waals surface area (Å²) in [5.41, 5.74) is 5.95. The highest BCUT2D eigenvalue weighted by Crippen LogP contribution is 2.32. The number of para-hydroxylation sites is 1. The van der Waals surface area contributed by atoms with Crippen LogP contribution in [-0.2, 0) is 19.3 Å². The maximum atomic E-state index is 13.5. The molecule has 8 nitrogen and oxygen atoms in total. The second-order valence-corrected chi connectivity index (χ2v) is 8.85. The average molecular weight is 600 g/mol. The first-order chi connectivity index (χ1) is 18.2. The zero-order chi connectivity index (χ0) is 27.1. The SMILES string of the molecule is Cl.Cl.NC(=O)c1ccc(Oc2ccccc2CNC(=O)Nc2cc(CN3CCNCC3)cc(C(F)(F)F)c2)cc1. The summed E-state index contributed by atoms with van der Waals surface area (Å²) in [6.45, 7) is 3.43. The van der Waals surface area contributed by atoms with Crippen molar-refractivity contribution in [3.8, 4) is 11.5 Å². The van der Waals surface area contributed by atoms with Crippen LogP contribution in [0.2, 0.25) is 0 Å². The van der Waals surface area contributed by atoms with Gasteiger partial charge < -0.3 is 26.4 Å². The number of hydrogen-bond acceptors (Lipinski definition) is 5. The van der Waals surface area contributed by atoms with Crippen LogP contribution in [0, 0.1) is 0 Å². The van der Waals surface area contributed by atoms with E-state index in [4.69, 9.17) is 10.5 Å². The molecule has 5 N–H and O–H groups in total. The Labute approximate surface area is 242 Å². The lowest BCUT2D eigenvalue weighted by molar-refractivity contribution is -0.137. The third-order valence-corrected chi connectivity index (χ3v) is 5.97. The Morgan fingerprint density at radius 2 is 1.65 bits per heavy atom. The van der Waals surface area contributed by atoms with Gasteiger partial charge in [-0.25, -0.2) is 4.79 Å². The number of alkyl halides is 3. The number of benzene rings is 3. The Morgan fingerprint density at radius 3 is 2.30 bits per heavy atom. The first-order valence-corrected chi connectivity index (χ1v) is 12.0. The Kier molecular flexibility index (Phi) is 12.1. The minimum absolute atomic E-state index is 0. The lowest BCUT2D eigenvalue weighted by atomic mass is 10.1. The van der Waals surface area contributed by atoms with Crippen molar-refractivity contribution in [3.05, 3.63) is 89.0 Å². The molecule has 1 saturated heterocycles. The fourth-order valence-corrected chi connectivity index (χ4v) is 4.06. The number of primary amides is 1. The molecule has 40 heavy (non-hydrogen) atoms. The zero-order valence-electron chi connectivity index (χ0n) is 21.3. The molecule has 0 atom stereocenters. The topological polar surface area (TPSA) is 109 Å². The van der Waals surface area contributed by atoms with Crippen molar-refractivity contribution >= 4 is 42.4 Å². The molecule has 0 radical (unpaired) electrons. The second kappa shape index (κ2) is 14.8. The summed E-state index contributed by atoms with van der Waals surface area (Å²) in [5, 5.41) is 8.40. The van der Waals surface area contributed by atoms with Gasteiger partial charge in [-0.1, -0.05) is 18.2 Å². The average Bonchev–Trinajstić information content (AvgIpc) is 2.88. The summed E-state index contributed by atoms with van der Waals surface area (Å²) in [4.78, 5) is 25.9. The molecule has 3 amide bonds. The van der Waals surface area contributed by atoms with E-state index in [1.165, 1.54) is 12.1 Å².